The SMILES string of the molecule is COc1cccc(CN2CCCC3(CC2)CN(c2cccc(F)c2)C(=O)CO3)c1. The maximum atomic E-state index is 13.7. The molecule has 0 N–H and O–H groups in total. The first-order chi connectivity index (χ1) is 14.1. The van der Waals surface area contributed by atoms with Gasteiger partial charge in [-0.15, -0.1) is 0 Å². The minimum absolute atomic E-state index is 0.0480. The summed E-state index contributed by atoms with van der Waals surface area (Å²) in [7, 11) is 1.68. The number of ether oxygens (including phenoxy) is 2. The van der Waals surface area contributed by atoms with Crippen molar-refractivity contribution in [2.75, 3.05) is 38.3 Å². The van der Waals surface area contributed by atoms with Gasteiger partial charge in [-0.2, -0.15) is 0 Å². The highest BCUT2D eigenvalue weighted by Gasteiger charge is 2.41. The van der Waals surface area contributed by atoms with Gasteiger partial charge < -0.3 is 14.4 Å². The van der Waals surface area contributed by atoms with E-state index in [4.69, 9.17) is 9.47 Å². The zero-order chi connectivity index (χ0) is 20.3. The van der Waals surface area contributed by atoms with Crippen LogP contribution in [0.3, 0.4) is 0 Å². The van der Waals surface area contributed by atoms with Gasteiger partial charge in [0, 0.05) is 18.8 Å². The number of carbonyl (C=O) groups excluding carboxylic acids is 1. The predicted molar refractivity (Wildman–Crippen MR) is 110 cm³/mol. The molecule has 5 nitrogen and oxygen atoms in total. The molecule has 2 saturated heterocycles. The first-order valence-corrected chi connectivity index (χ1v) is 10.1. The molecule has 2 aromatic rings. The van der Waals surface area contributed by atoms with Crippen LogP contribution >= 0.6 is 0 Å². The zero-order valence-electron chi connectivity index (χ0n) is 16.8. The van der Waals surface area contributed by atoms with Crippen molar-refractivity contribution < 1.29 is 18.7 Å². The van der Waals surface area contributed by atoms with E-state index in [0.717, 1.165) is 44.6 Å². The summed E-state index contributed by atoms with van der Waals surface area (Å²) in [5, 5.41) is 0. The molecule has 0 aliphatic carbocycles. The smallest absolute Gasteiger partial charge is 0.253 e. The Morgan fingerprint density at radius 2 is 2.00 bits per heavy atom. The predicted octanol–water partition coefficient (Wildman–Crippen LogP) is 3.62. The molecule has 2 aliphatic rings. The molecule has 4 rings (SSSR count). The first kappa shape index (κ1) is 19.9. The molecule has 0 saturated carbocycles. The summed E-state index contributed by atoms with van der Waals surface area (Å²) in [6.45, 7) is 3.26. The molecular weight excluding hydrogens is 371 g/mol. The van der Waals surface area contributed by atoms with Gasteiger partial charge in [-0.25, -0.2) is 4.39 Å². The molecule has 0 aromatic heterocycles. The Bertz CT molecular complexity index is 875. The number of nitrogens with zero attached hydrogens (tertiary/aromatic N) is 2. The van der Waals surface area contributed by atoms with Crippen molar-refractivity contribution in [1.29, 1.82) is 0 Å². The van der Waals surface area contributed by atoms with Gasteiger partial charge in [0.15, 0.2) is 0 Å². The molecule has 2 fully saturated rings. The lowest BCUT2D eigenvalue weighted by atomic mass is 9.92. The second-order valence-corrected chi connectivity index (χ2v) is 7.91. The van der Waals surface area contributed by atoms with Crippen LogP contribution in [0.15, 0.2) is 48.5 Å². The van der Waals surface area contributed by atoms with Gasteiger partial charge in [0.1, 0.15) is 18.2 Å². The number of hydrogen-bond acceptors (Lipinski definition) is 4. The zero-order valence-corrected chi connectivity index (χ0v) is 16.8. The largest absolute Gasteiger partial charge is 0.497 e. The number of carbonyl (C=O) groups is 1. The van der Waals surface area contributed by atoms with Crippen LogP contribution in [0.5, 0.6) is 5.75 Å². The van der Waals surface area contributed by atoms with Crippen LogP contribution in [0, 0.1) is 5.82 Å². The van der Waals surface area contributed by atoms with Gasteiger partial charge in [-0.1, -0.05) is 18.2 Å². The Hall–Kier alpha value is -2.44. The minimum atomic E-state index is -0.372. The Labute approximate surface area is 171 Å². The van der Waals surface area contributed by atoms with Crippen molar-refractivity contribution in [1.82, 2.24) is 4.90 Å². The van der Waals surface area contributed by atoms with E-state index < -0.39 is 0 Å². The molecule has 1 amide bonds. The summed E-state index contributed by atoms with van der Waals surface area (Å²) >= 11 is 0. The fourth-order valence-electron chi connectivity index (χ4n) is 4.31. The topological polar surface area (TPSA) is 42.0 Å². The number of amides is 1. The molecule has 154 valence electrons. The van der Waals surface area contributed by atoms with E-state index in [0.29, 0.717) is 12.2 Å². The first-order valence-electron chi connectivity index (χ1n) is 10.1. The van der Waals surface area contributed by atoms with Crippen LogP contribution in [-0.4, -0.2) is 49.8 Å². The third-order valence-corrected chi connectivity index (χ3v) is 5.90. The second-order valence-electron chi connectivity index (χ2n) is 7.91. The molecule has 29 heavy (non-hydrogen) atoms. The number of morpholine rings is 1. The van der Waals surface area contributed by atoms with Crippen molar-refractivity contribution in [3.63, 3.8) is 0 Å². The molecule has 1 atom stereocenters. The lowest BCUT2D eigenvalue weighted by Crippen LogP contribution is -2.55. The van der Waals surface area contributed by atoms with Gasteiger partial charge in [0.2, 0.25) is 0 Å². The van der Waals surface area contributed by atoms with Crippen LogP contribution in [0.1, 0.15) is 24.8 Å². The number of halogens is 1. The van der Waals surface area contributed by atoms with Gasteiger partial charge in [-0.3, -0.25) is 9.69 Å². The Morgan fingerprint density at radius 3 is 2.83 bits per heavy atom. The van der Waals surface area contributed by atoms with Crippen LogP contribution in [-0.2, 0) is 16.1 Å². The van der Waals surface area contributed by atoms with Gasteiger partial charge in [-0.05, 0) is 61.7 Å². The Morgan fingerprint density at radius 1 is 1.14 bits per heavy atom. The van der Waals surface area contributed by atoms with Crippen LogP contribution in [0.2, 0.25) is 0 Å². The highest BCUT2D eigenvalue weighted by atomic mass is 19.1. The lowest BCUT2D eigenvalue weighted by molar-refractivity contribution is -0.140. The summed E-state index contributed by atoms with van der Waals surface area (Å²) in [6.07, 6.45) is 2.73. The van der Waals surface area contributed by atoms with E-state index in [2.05, 4.69) is 17.0 Å². The number of methoxy groups -OCH3 is 1. The Kier molecular flexibility index (Phi) is 5.83. The highest BCUT2D eigenvalue weighted by molar-refractivity contribution is 5.95. The van der Waals surface area contributed by atoms with Crippen molar-refractivity contribution in [2.24, 2.45) is 0 Å². The van der Waals surface area contributed by atoms with Crippen LogP contribution in [0.25, 0.3) is 0 Å². The standard InChI is InChI=1S/C23H27FN2O3/c1-28-21-8-2-5-18(13-21)15-25-11-4-9-23(10-12-25)17-26(22(27)16-29-23)20-7-3-6-19(24)14-20/h2-3,5-8,13-14H,4,9-12,15-17H2,1H3. The van der Waals surface area contributed by atoms with Crippen molar-refractivity contribution in [3.05, 3.63) is 59.9 Å². The summed E-state index contributed by atoms with van der Waals surface area (Å²) in [6, 6.07) is 14.4. The highest BCUT2D eigenvalue weighted by Crippen LogP contribution is 2.33. The molecular formula is C23H27FN2O3. The molecule has 0 radical (unpaired) electrons. The molecule has 1 unspecified atom stereocenters. The average molecular weight is 398 g/mol. The van der Waals surface area contributed by atoms with E-state index in [1.807, 2.05) is 12.1 Å². The average Bonchev–Trinajstić information content (AvgIpc) is 2.92. The van der Waals surface area contributed by atoms with E-state index >= 15 is 0 Å². The quantitative estimate of drug-likeness (QED) is 0.789. The number of anilines is 1. The van der Waals surface area contributed by atoms with Crippen molar-refractivity contribution >= 4 is 11.6 Å². The minimum Gasteiger partial charge on any atom is -0.497 e. The van der Waals surface area contributed by atoms with E-state index in [1.54, 1.807) is 24.1 Å². The van der Waals surface area contributed by atoms with Gasteiger partial charge >= 0.3 is 0 Å². The molecule has 0 bridgehead atoms. The number of likely N-dealkylation sites (tertiary alicyclic amines) is 1. The summed E-state index contributed by atoms with van der Waals surface area (Å²) in [4.78, 5) is 16.6. The third kappa shape index (κ3) is 4.60. The lowest BCUT2D eigenvalue weighted by Gasteiger charge is -2.42. The van der Waals surface area contributed by atoms with Crippen LogP contribution < -0.4 is 9.64 Å². The number of rotatable bonds is 4. The molecule has 2 aliphatic heterocycles. The normalized spacial score (nSPS) is 23.2. The fourth-order valence-corrected chi connectivity index (χ4v) is 4.31. The van der Waals surface area contributed by atoms with E-state index in [1.165, 1.54) is 17.7 Å². The van der Waals surface area contributed by atoms with E-state index in [9.17, 15) is 9.18 Å². The summed E-state index contributed by atoms with van der Waals surface area (Å²) in [5.41, 5.74) is 1.46. The maximum absolute atomic E-state index is 13.7. The second kappa shape index (κ2) is 8.51. The molecule has 2 heterocycles. The molecule has 6 heteroatoms. The van der Waals surface area contributed by atoms with E-state index in [-0.39, 0.29) is 23.9 Å². The van der Waals surface area contributed by atoms with Crippen molar-refractivity contribution in [3.8, 4) is 5.75 Å². The monoisotopic (exact) mass is 398 g/mol. The summed E-state index contributed by atoms with van der Waals surface area (Å²) in [5.74, 6) is 0.425. The molecule has 2 aromatic carbocycles. The number of benzene rings is 2. The van der Waals surface area contributed by atoms with Gasteiger partial charge in [0.25, 0.3) is 5.91 Å². The van der Waals surface area contributed by atoms with Crippen LogP contribution in [0.4, 0.5) is 10.1 Å². The number of hydrogen-bond donors (Lipinski definition) is 0. The van der Waals surface area contributed by atoms with Crippen molar-refractivity contribution in [2.45, 2.75) is 31.4 Å². The van der Waals surface area contributed by atoms with Gasteiger partial charge in [0.05, 0.1) is 19.3 Å². The third-order valence-electron chi connectivity index (χ3n) is 5.90. The fraction of sp³-hybridized carbons (Fsp3) is 0.435. The maximum Gasteiger partial charge on any atom is 0.253 e. The molecule has 1 spiro atoms. The Balaban J connectivity index is 1.44. The summed E-state index contributed by atoms with van der Waals surface area (Å²) < 4.78 is 25.1.